The number of nitrogen functional groups attached to an aromatic ring is 1. The predicted molar refractivity (Wildman–Crippen MR) is 63.9 cm³/mol. The lowest BCUT2D eigenvalue weighted by Crippen LogP contribution is -2.32. The van der Waals surface area contributed by atoms with Gasteiger partial charge in [0, 0.05) is 30.5 Å². The minimum Gasteiger partial charge on any atom is -0.384 e. The van der Waals surface area contributed by atoms with Gasteiger partial charge in [0.15, 0.2) is 0 Å². The molecule has 0 atom stereocenters. The van der Waals surface area contributed by atoms with Crippen molar-refractivity contribution in [3.05, 3.63) is 18.3 Å². The lowest BCUT2D eigenvalue weighted by molar-refractivity contribution is 0.620. The van der Waals surface area contributed by atoms with Crippen LogP contribution in [0, 0.1) is 0 Å². The fraction of sp³-hybridized carbons (Fsp3) is 0.583. The molecule has 0 unspecified atom stereocenters. The predicted octanol–water partition coefficient (Wildman–Crippen LogP) is 2.43. The lowest BCUT2D eigenvalue weighted by Gasteiger charge is -2.29. The molecule has 3 nitrogen and oxygen atoms in total. The zero-order valence-electron chi connectivity index (χ0n) is 9.32. The Kier molecular flexibility index (Phi) is 3.09. The highest BCUT2D eigenvalue weighted by molar-refractivity contribution is 5.52. The van der Waals surface area contributed by atoms with Gasteiger partial charge < -0.3 is 10.6 Å². The summed E-state index contributed by atoms with van der Waals surface area (Å²) in [4.78, 5) is 6.48. The van der Waals surface area contributed by atoms with Crippen LogP contribution in [0.5, 0.6) is 0 Å². The molecule has 0 bridgehead atoms. The number of hydrogen-bond donors (Lipinski definition) is 1. The SMILES string of the molecule is CCN(c1ccnc(N)c1)C1CCCC1. The van der Waals surface area contributed by atoms with Gasteiger partial charge in [-0.1, -0.05) is 12.8 Å². The van der Waals surface area contributed by atoms with Gasteiger partial charge in [0.2, 0.25) is 0 Å². The molecule has 1 aliphatic carbocycles. The van der Waals surface area contributed by atoms with E-state index in [1.807, 2.05) is 6.07 Å². The fourth-order valence-electron chi connectivity index (χ4n) is 2.48. The molecule has 1 aliphatic rings. The Balaban J connectivity index is 2.18. The van der Waals surface area contributed by atoms with Gasteiger partial charge in [-0.2, -0.15) is 0 Å². The van der Waals surface area contributed by atoms with E-state index in [4.69, 9.17) is 5.73 Å². The molecule has 82 valence electrons. The van der Waals surface area contributed by atoms with Gasteiger partial charge in [0.1, 0.15) is 5.82 Å². The van der Waals surface area contributed by atoms with Crippen LogP contribution in [-0.4, -0.2) is 17.6 Å². The van der Waals surface area contributed by atoms with Crippen molar-refractivity contribution in [2.75, 3.05) is 17.2 Å². The molecule has 0 spiro atoms. The molecule has 15 heavy (non-hydrogen) atoms. The molecule has 0 aromatic carbocycles. The van der Waals surface area contributed by atoms with Crippen molar-refractivity contribution >= 4 is 11.5 Å². The summed E-state index contributed by atoms with van der Waals surface area (Å²) < 4.78 is 0. The normalized spacial score (nSPS) is 16.9. The number of pyridine rings is 1. The van der Waals surface area contributed by atoms with E-state index in [2.05, 4.69) is 22.9 Å². The Labute approximate surface area is 91.3 Å². The summed E-state index contributed by atoms with van der Waals surface area (Å²) in [6.45, 7) is 3.25. The van der Waals surface area contributed by atoms with Gasteiger partial charge in [0.25, 0.3) is 0 Å². The standard InChI is InChI=1S/C12H19N3/c1-2-15(10-5-3-4-6-10)11-7-8-14-12(13)9-11/h7-10H,2-6H2,1H3,(H2,13,14). The van der Waals surface area contributed by atoms with Crippen LogP contribution in [0.2, 0.25) is 0 Å². The topological polar surface area (TPSA) is 42.2 Å². The Bertz CT molecular complexity index is 318. The molecule has 0 saturated heterocycles. The number of anilines is 2. The van der Waals surface area contributed by atoms with Gasteiger partial charge in [0.05, 0.1) is 0 Å². The van der Waals surface area contributed by atoms with Crippen molar-refractivity contribution in [2.45, 2.75) is 38.6 Å². The van der Waals surface area contributed by atoms with Gasteiger partial charge in [-0.05, 0) is 25.8 Å². The first-order valence-electron chi connectivity index (χ1n) is 5.79. The van der Waals surface area contributed by atoms with E-state index in [1.165, 1.54) is 31.4 Å². The lowest BCUT2D eigenvalue weighted by atomic mass is 10.2. The monoisotopic (exact) mass is 205 g/mol. The Morgan fingerprint density at radius 3 is 2.80 bits per heavy atom. The van der Waals surface area contributed by atoms with E-state index in [0.717, 1.165) is 6.54 Å². The smallest absolute Gasteiger partial charge is 0.125 e. The minimum absolute atomic E-state index is 0.615. The van der Waals surface area contributed by atoms with Crippen molar-refractivity contribution in [3.63, 3.8) is 0 Å². The summed E-state index contributed by atoms with van der Waals surface area (Å²) in [7, 11) is 0. The molecule has 1 saturated carbocycles. The Hall–Kier alpha value is -1.25. The summed E-state index contributed by atoms with van der Waals surface area (Å²) in [5.41, 5.74) is 6.93. The number of nitrogens with zero attached hydrogens (tertiary/aromatic N) is 2. The van der Waals surface area contributed by atoms with Gasteiger partial charge in [-0.25, -0.2) is 4.98 Å². The number of nitrogens with two attached hydrogens (primary N) is 1. The van der Waals surface area contributed by atoms with Crippen molar-refractivity contribution in [1.29, 1.82) is 0 Å². The minimum atomic E-state index is 0.615. The van der Waals surface area contributed by atoms with Crippen LogP contribution in [0.1, 0.15) is 32.6 Å². The first-order chi connectivity index (χ1) is 7.31. The third-order valence-electron chi connectivity index (χ3n) is 3.20. The second-order valence-corrected chi connectivity index (χ2v) is 4.16. The fourth-order valence-corrected chi connectivity index (χ4v) is 2.48. The average molecular weight is 205 g/mol. The summed E-state index contributed by atoms with van der Waals surface area (Å²) in [6, 6.07) is 4.73. The molecule has 1 heterocycles. The molecule has 0 amide bonds. The Morgan fingerprint density at radius 2 is 2.20 bits per heavy atom. The molecule has 2 N–H and O–H groups in total. The molecule has 3 heteroatoms. The van der Waals surface area contributed by atoms with Crippen LogP contribution in [0.4, 0.5) is 11.5 Å². The number of rotatable bonds is 3. The third kappa shape index (κ3) is 2.22. The molecule has 0 aliphatic heterocycles. The Morgan fingerprint density at radius 1 is 1.47 bits per heavy atom. The van der Waals surface area contributed by atoms with Crippen LogP contribution in [0.25, 0.3) is 0 Å². The van der Waals surface area contributed by atoms with Crippen LogP contribution in [-0.2, 0) is 0 Å². The molecule has 1 aromatic heterocycles. The van der Waals surface area contributed by atoms with Gasteiger partial charge >= 0.3 is 0 Å². The zero-order valence-corrected chi connectivity index (χ0v) is 9.32. The van der Waals surface area contributed by atoms with Crippen molar-refractivity contribution in [3.8, 4) is 0 Å². The highest BCUT2D eigenvalue weighted by Crippen LogP contribution is 2.28. The maximum absolute atomic E-state index is 5.71. The largest absolute Gasteiger partial charge is 0.384 e. The summed E-state index contributed by atoms with van der Waals surface area (Å²) in [5, 5.41) is 0. The maximum atomic E-state index is 5.71. The first-order valence-corrected chi connectivity index (χ1v) is 5.79. The van der Waals surface area contributed by atoms with Crippen molar-refractivity contribution in [1.82, 2.24) is 4.98 Å². The van der Waals surface area contributed by atoms with E-state index in [1.54, 1.807) is 6.20 Å². The highest BCUT2D eigenvalue weighted by Gasteiger charge is 2.21. The van der Waals surface area contributed by atoms with Gasteiger partial charge in [-0.3, -0.25) is 0 Å². The zero-order chi connectivity index (χ0) is 10.7. The second-order valence-electron chi connectivity index (χ2n) is 4.16. The summed E-state index contributed by atoms with van der Waals surface area (Å²) in [6.07, 6.45) is 7.15. The van der Waals surface area contributed by atoms with Crippen LogP contribution in [0.15, 0.2) is 18.3 Å². The third-order valence-corrected chi connectivity index (χ3v) is 3.20. The first kappa shape index (κ1) is 10.3. The second kappa shape index (κ2) is 4.51. The molecule has 2 rings (SSSR count). The highest BCUT2D eigenvalue weighted by atomic mass is 15.2. The van der Waals surface area contributed by atoms with Crippen LogP contribution < -0.4 is 10.6 Å². The number of aromatic nitrogens is 1. The summed E-state index contributed by atoms with van der Waals surface area (Å²) in [5.74, 6) is 0.615. The van der Waals surface area contributed by atoms with E-state index < -0.39 is 0 Å². The molecule has 1 aromatic rings. The van der Waals surface area contributed by atoms with Crippen LogP contribution >= 0.6 is 0 Å². The van der Waals surface area contributed by atoms with E-state index in [9.17, 15) is 0 Å². The van der Waals surface area contributed by atoms with E-state index in [-0.39, 0.29) is 0 Å². The molecular formula is C12H19N3. The summed E-state index contributed by atoms with van der Waals surface area (Å²) >= 11 is 0. The van der Waals surface area contributed by atoms with E-state index >= 15 is 0 Å². The maximum Gasteiger partial charge on any atom is 0.125 e. The van der Waals surface area contributed by atoms with Crippen molar-refractivity contribution in [2.24, 2.45) is 0 Å². The van der Waals surface area contributed by atoms with Crippen molar-refractivity contribution < 1.29 is 0 Å². The molecule has 1 fully saturated rings. The van der Waals surface area contributed by atoms with Crippen LogP contribution in [0.3, 0.4) is 0 Å². The van der Waals surface area contributed by atoms with E-state index in [0.29, 0.717) is 11.9 Å². The molecule has 0 radical (unpaired) electrons. The number of hydrogen-bond acceptors (Lipinski definition) is 3. The molecular weight excluding hydrogens is 186 g/mol. The average Bonchev–Trinajstić information content (AvgIpc) is 2.72. The van der Waals surface area contributed by atoms with Gasteiger partial charge in [-0.15, -0.1) is 0 Å². The quantitative estimate of drug-likeness (QED) is 0.824.